The van der Waals surface area contributed by atoms with E-state index in [0.717, 1.165) is 17.7 Å². The van der Waals surface area contributed by atoms with Crippen molar-refractivity contribution in [2.24, 2.45) is 0 Å². The Labute approximate surface area is 170 Å². The van der Waals surface area contributed by atoms with Gasteiger partial charge in [-0.15, -0.1) is 0 Å². The van der Waals surface area contributed by atoms with Gasteiger partial charge in [-0.1, -0.05) is 37.3 Å². The molecule has 7 nitrogen and oxygen atoms in total. The monoisotopic (exact) mass is 397 g/mol. The Morgan fingerprint density at radius 1 is 1.07 bits per heavy atom. The van der Waals surface area contributed by atoms with Crippen molar-refractivity contribution in [3.63, 3.8) is 0 Å². The number of morpholine rings is 1. The van der Waals surface area contributed by atoms with Gasteiger partial charge in [0.1, 0.15) is 5.69 Å². The quantitative estimate of drug-likeness (QED) is 0.841. The maximum atomic E-state index is 13.1. The molecule has 2 amide bonds. The number of hydrogen-bond acceptors (Lipinski definition) is 4. The maximum absolute atomic E-state index is 13.1. The van der Waals surface area contributed by atoms with Gasteiger partial charge in [0.2, 0.25) is 0 Å². The normalized spacial score (nSPS) is 17.5. The number of carbonyl (C=O) groups is 2. The summed E-state index contributed by atoms with van der Waals surface area (Å²) in [6.45, 7) is 5.73. The summed E-state index contributed by atoms with van der Waals surface area (Å²) in [5, 5.41) is 3.13. The van der Waals surface area contributed by atoms with Gasteiger partial charge in [-0.2, -0.15) is 0 Å². The topological polar surface area (TPSA) is 72.8 Å². The van der Waals surface area contributed by atoms with Crippen molar-refractivity contribution in [1.29, 1.82) is 0 Å². The number of amides is 2. The van der Waals surface area contributed by atoms with Crippen LogP contribution < -0.4 is 5.32 Å². The van der Waals surface area contributed by atoms with Gasteiger partial charge in [-0.05, 0) is 18.1 Å². The summed E-state index contributed by atoms with van der Waals surface area (Å²) in [6.07, 6.45) is 0.780. The van der Waals surface area contributed by atoms with Crippen LogP contribution >= 0.6 is 0 Å². The van der Waals surface area contributed by atoms with Gasteiger partial charge in [0, 0.05) is 19.6 Å². The molecule has 1 atom stereocenters. The number of benzene rings is 1. The molecule has 4 rings (SSSR count). The third-order valence-corrected chi connectivity index (χ3v) is 5.58. The molecule has 2 aromatic rings. The van der Waals surface area contributed by atoms with Gasteiger partial charge >= 0.3 is 0 Å². The third kappa shape index (κ3) is 4.06. The Balaban J connectivity index is 1.60. The van der Waals surface area contributed by atoms with Crippen LogP contribution in [0.4, 0.5) is 0 Å². The molecule has 3 heterocycles. The van der Waals surface area contributed by atoms with Gasteiger partial charge in [-0.25, -0.2) is 0 Å². The summed E-state index contributed by atoms with van der Waals surface area (Å²) in [5.41, 5.74) is 2.92. The number of aromatic nitrogens is 1. The second kappa shape index (κ2) is 8.80. The molecule has 1 saturated heterocycles. The van der Waals surface area contributed by atoms with Gasteiger partial charge in [0.25, 0.3) is 11.8 Å². The zero-order valence-corrected chi connectivity index (χ0v) is 16.7. The van der Waals surface area contributed by atoms with Crippen LogP contribution in [-0.4, -0.2) is 54.2 Å². The minimum absolute atomic E-state index is 0.0504. The van der Waals surface area contributed by atoms with Gasteiger partial charge in [0.15, 0.2) is 0 Å². The molecule has 0 radical (unpaired) electrons. The average molecular weight is 397 g/mol. The third-order valence-electron chi connectivity index (χ3n) is 5.58. The first-order valence-electron chi connectivity index (χ1n) is 10.2. The van der Waals surface area contributed by atoms with Crippen molar-refractivity contribution in [2.75, 3.05) is 32.9 Å². The van der Waals surface area contributed by atoms with Crippen LogP contribution in [0.15, 0.2) is 36.4 Å². The van der Waals surface area contributed by atoms with Crippen LogP contribution in [0.3, 0.4) is 0 Å². The van der Waals surface area contributed by atoms with E-state index in [1.807, 2.05) is 41.8 Å². The molecule has 154 valence electrons. The Hall–Kier alpha value is -2.64. The highest BCUT2D eigenvalue weighted by molar-refractivity contribution is 6.01. The first kappa shape index (κ1) is 19.7. The predicted molar refractivity (Wildman–Crippen MR) is 108 cm³/mol. The lowest BCUT2D eigenvalue weighted by Crippen LogP contribution is -2.41. The molecular weight excluding hydrogens is 370 g/mol. The van der Waals surface area contributed by atoms with Crippen molar-refractivity contribution in [1.82, 2.24) is 14.8 Å². The van der Waals surface area contributed by atoms with Crippen molar-refractivity contribution in [3.8, 4) is 0 Å². The molecule has 7 heteroatoms. The molecule has 1 N–H and O–H groups in total. The lowest BCUT2D eigenvalue weighted by molar-refractivity contribution is 0.0287. The lowest BCUT2D eigenvalue weighted by atomic mass is 10.0. The highest BCUT2D eigenvalue weighted by Crippen LogP contribution is 2.24. The van der Waals surface area contributed by atoms with Crippen molar-refractivity contribution >= 4 is 11.8 Å². The summed E-state index contributed by atoms with van der Waals surface area (Å²) >= 11 is 0. The largest absolute Gasteiger partial charge is 0.378 e. The number of nitrogens with zero attached hydrogens (tertiary/aromatic N) is 2. The molecule has 1 fully saturated rings. The minimum atomic E-state index is -0.170. The summed E-state index contributed by atoms with van der Waals surface area (Å²) in [6, 6.07) is 11.6. The number of rotatable bonds is 5. The van der Waals surface area contributed by atoms with Gasteiger partial charge in [-0.3, -0.25) is 9.59 Å². The summed E-state index contributed by atoms with van der Waals surface area (Å²) in [5.74, 6) is -0.221. The fourth-order valence-corrected chi connectivity index (χ4v) is 3.97. The first-order valence-corrected chi connectivity index (χ1v) is 10.2. The molecule has 2 aliphatic rings. The average Bonchev–Trinajstić information content (AvgIpc) is 3.18. The molecule has 0 aliphatic carbocycles. The van der Waals surface area contributed by atoms with E-state index in [4.69, 9.17) is 9.47 Å². The van der Waals surface area contributed by atoms with Crippen LogP contribution in [0.5, 0.6) is 0 Å². The fourth-order valence-electron chi connectivity index (χ4n) is 3.97. The lowest BCUT2D eigenvalue weighted by Gasteiger charge is -2.28. The number of carbonyl (C=O) groups excluding carboxylic acids is 2. The number of nitrogens with one attached hydrogen (secondary N) is 1. The molecule has 29 heavy (non-hydrogen) atoms. The molecule has 1 aromatic heterocycles. The van der Waals surface area contributed by atoms with Crippen LogP contribution in [0.25, 0.3) is 0 Å². The van der Waals surface area contributed by atoms with E-state index < -0.39 is 0 Å². The standard InChI is InChI=1S/C22H27N3O4/c1-2-18(16-6-4-3-5-7-16)23-21(26)17-14-19(25-10-13-29-15-20(17)25)22(27)24-8-11-28-12-9-24/h3-7,14,18H,2,8-13,15H2,1H3,(H,23,26)/t18-/m1/s1. The Morgan fingerprint density at radius 3 is 2.52 bits per heavy atom. The molecule has 2 aliphatic heterocycles. The number of ether oxygens (including phenoxy) is 2. The second-order valence-corrected chi connectivity index (χ2v) is 7.34. The summed E-state index contributed by atoms with van der Waals surface area (Å²) in [7, 11) is 0. The smallest absolute Gasteiger partial charge is 0.270 e. The SMILES string of the molecule is CC[C@@H](NC(=O)c1cc(C(=O)N2CCOCC2)n2c1COCC2)c1ccccc1. The zero-order valence-electron chi connectivity index (χ0n) is 16.7. The molecule has 0 saturated carbocycles. The Bertz CT molecular complexity index is 872. The predicted octanol–water partition coefficient (Wildman–Crippen LogP) is 2.37. The van der Waals surface area contributed by atoms with E-state index in [1.54, 1.807) is 11.0 Å². The van der Waals surface area contributed by atoms with Crippen molar-refractivity contribution in [2.45, 2.75) is 32.5 Å². The number of hydrogen-bond donors (Lipinski definition) is 1. The van der Waals surface area contributed by atoms with Gasteiger partial charge in [0.05, 0.1) is 43.7 Å². The van der Waals surface area contributed by atoms with Crippen LogP contribution in [0, 0.1) is 0 Å². The van der Waals surface area contributed by atoms with Crippen LogP contribution in [0.1, 0.15) is 51.5 Å². The number of fused-ring (bicyclic) bond motifs is 1. The highest BCUT2D eigenvalue weighted by Gasteiger charge is 2.29. The molecule has 0 bridgehead atoms. The minimum Gasteiger partial charge on any atom is -0.378 e. The van der Waals surface area contributed by atoms with Crippen LogP contribution in [0.2, 0.25) is 0 Å². The molecule has 0 unspecified atom stereocenters. The molecule has 0 spiro atoms. The molecular formula is C22H27N3O4. The van der Waals surface area contributed by atoms with E-state index in [2.05, 4.69) is 5.32 Å². The van der Waals surface area contributed by atoms with Crippen LogP contribution in [-0.2, 0) is 22.6 Å². The second-order valence-electron chi connectivity index (χ2n) is 7.34. The Kier molecular flexibility index (Phi) is 5.97. The van der Waals surface area contributed by atoms with E-state index in [1.165, 1.54) is 0 Å². The maximum Gasteiger partial charge on any atom is 0.270 e. The van der Waals surface area contributed by atoms with Gasteiger partial charge < -0.3 is 24.3 Å². The van der Waals surface area contributed by atoms with E-state index in [-0.39, 0.29) is 17.9 Å². The molecule has 1 aromatic carbocycles. The Morgan fingerprint density at radius 2 is 1.79 bits per heavy atom. The highest BCUT2D eigenvalue weighted by atomic mass is 16.5. The summed E-state index contributed by atoms with van der Waals surface area (Å²) < 4.78 is 12.9. The first-order chi connectivity index (χ1) is 14.2. The zero-order chi connectivity index (χ0) is 20.2. The summed E-state index contributed by atoms with van der Waals surface area (Å²) in [4.78, 5) is 28.0. The van der Waals surface area contributed by atoms with E-state index in [9.17, 15) is 9.59 Å². The van der Waals surface area contributed by atoms with E-state index in [0.29, 0.717) is 57.3 Å². The fraction of sp³-hybridized carbons (Fsp3) is 0.455. The van der Waals surface area contributed by atoms with E-state index >= 15 is 0 Å². The van der Waals surface area contributed by atoms with Crippen molar-refractivity contribution in [3.05, 3.63) is 58.9 Å². The van der Waals surface area contributed by atoms with Crippen molar-refractivity contribution < 1.29 is 19.1 Å².